The van der Waals surface area contributed by atoms with Crippen LogP contribution in [-0.2, 0) is 0 Å². The van der Waals surface area contributed by atoms with Crippen molar-refractivity contribution in [1.82, 2.24) is 4.57 Å². The molecule has 0 aromatic rings. The van der Waals surface area contributed by atoms with E-state index in [0.29, 0.717) is 5.04 Å². The molecule has 0 saturated carbocycles. The molecule has 0 aromatic heterocycles. The van der Waals surface area contributed by atoms with Gasteiger partial charge in [0.15, 0.2) is 0 Å². The highest BCUT2D eigenvalue weighted by atomic mass is 35.6. The summed E-state index contributed by atoms with van der Waals surface area (Å²) in [6.45, 7) is 6.57. The Kier molecular flexibility index (Phi) is 3.19. The number of rotatable bonds is 1. The molecule has 0 saturated heterocycles. The van der Waals surface area contributed by atoms with Crippen LogP contribution in [0.25, 0.3) is 0 Å². The maximum absolute atomic E-state index is 6.16. The van der Waals surface area contributed by atoms with Gasteiger partial charge in [-0.15, -0.1) is 11.1 Å². The molecular weight excluding hydrogens is 150 g/mol. The molecule has 9 heavy (non-hydrogen) atoms. The standard InChI is InChI=1S/C6H16ClNSi/c1-6(2,3)9(7)8(4)5/h9H,1-5H3. The Morgan fingerprint density at radius 1 is 1.22 bits per heavy atom. The predicted octanol–water partition coefficient (Wildman–Crippen LogP) is 1.81. The number of halogens is 1. The van der Waals surface area contributed by atoms with Gasteiger partial charge in [-0.3, -0.25) is 0 Å². The van der Waals surface area contributed by atoms with E-state index in [-0.39, 0.29) is 0 Å². The molecule has 1 atom stereocenters. The van der Waals surface area contributed by atoms with Gasteiger partial charge in [0.1, 0.15) is 0 Å². The normalized spacial score (nSPS) is 16.3. The van der Waals surface area contributed by atoms with Gasteiger partial charge in [-0.25, -0.2) is 0 Å². The van der Waals surface area contributed by atoms with Gasteiger partial charge in [0.2, 0.25) is 8.27 Å². The van der Waals surface area contributed by atoms with Gasteiger partial charge in [-0.2, -0.15) is 0 Å². The van der Waals surface area contributed by atoms with Crippen molar-refractivity contribution in [3.05, 3.63) is 0 Å². The third-order valence-electron chi connectivity index (χ3n) is 1.17. The molecule has 0 spiro atoms. The average molecular weight is 166 g/mol. The summed E-state index contributed by atoms with van der Waals surface area (Å²) < 4.78 is 2.15. The van der Waals surface area contributed by atoms with Gasteiger partial charge in [0, 0.05) is 0 Å². The van der Waals surface area contributed by atoms with Gasteiger partial charge in [0.05, 0.1) is 0 Å². The lowest BCUT2D eigenvalue weighted by molar-refractivity contribution is 0.592. The molecule has 56 valence electrons. The first-order chi connectivity index (χ1) is 3.85. The predicted molar refractivity (Wildman–Crippen MR) is 46.4 cm³/mol. The summed E-state index contributed by atoms with van der Waals surface area (Å²) in [4.78, 5) is 0. The SMILES string of the molecule is CN(C)[SiH](Cl)C(C)(C)C. The van der Waals surface area contributed by atoms with Crippen LogP contribution in [0.2, 0.25) is 5.04 Å². The fraction of sp³-hybridized carbons (Fsp3) is 1.00. The van der Waals surface area contributed by atoms with Crippen molar-refractivity contribution < 1.29 is 0 Å². The van der Waals surface area contributed by atoms with Crippen LogP contribution in [0.15, 0.2) is 0 Å². The third kappa shape index (κ3) is 3.23. The summed E-state index contributed by atoms with van der Waals surface area (Å²) >= 11 is 6.16. The van der Waals surface area contributed by atoms with E-state index in [9.17, 15) is 0 Å². The van der Waals surface area contributed by atoms with Gasteiger partial charge in [0.25, 0.3) is 0 Å². The molecule has 0 fully saturated rings. The van der Waals surface area contributed by atoms with E-state index in [1.807, 2.05) is 0 Å². The summed E-state index contributed by atoms with van der Waals surface area (Å²) in [5, 5.41) is 0.311. The average Bonchev–Trinajstić information content (AvgIpc) is 1.62. The maximum atomic E-state index is 6.16. The molecule has 0 aromatic carbocycles. The summed E-state index contributed by atoms with van der Waals surface area (Å²) in [5.74, 6) is 0. The minimum Gasteiger partial charge on any atom is -0.319 e. The second-order valence-electron chi connectivity index (χ2n) is 3.67. The van der Waals surface area contributed by atoms with Crippen LogP contribution in [0.5, 0.6) is 0 Å². The highest BCUT2D eigenvalue weighted by molar-refractivity contribution is 7.06. The first kappa shape index (κ1) is 9.47. The lowest BCUT2D eigenvalue weighted by Gasteiger charge is -2.28. The largest absolute Gasteiger partial charge is 0.319 e. The van der Waals surface area contributed by atoms with E-state index in [1.165, 1.54) is 0 Å². The molecule has 0 aliphatic heterocycles. The van der Waals surface area contributed by atoms with Crippen LogP contribution in [0.4, 0.5) is 0 Å². The van der Waals surface area contributed by atoms with Crippen molar-refractivity contribution in [2.75, 3.05) is 14.1 Å². The summed E-state index contributed by atoms with van der Waals surface area (Å²) in [5.41, 5.74) is 0. The van der Waals surface area contributed by atoms with Crippen LogP contribution < -0.4 is 0 Å². The van der Waals surface area contributed by atoms with E-state index in [2.05, 4.69) is 39.4 Å². The number of hydrogen-bond donors (Lipinski definition) is 0. The van der Waals surface area contributed by atoms with Crippen LogP contribution in [0, 0.1) is 0 Å². The second-order valence-corrected chi connectivity index (χ2v) is 8.34. The Morgan fingerprint density at radius 3 is 1.56 bits per heavy atom. The van der Waals surface area contributed by atoms with E-state index in [1.54, 1.807) is 0 Å². The van der Waals surface area contributed by atoms with E-state index >= 15 is 0 Å². The molecule has 3 heteroatoms. The highest BCUT2D eigenvalue weighted by Gasteiger charge is 2.26. The first-order valence-corrected chi connectivity index (χ1v) is 6.00. The Bertz CT molecular complexity index is 87.5. The van der Waals surface area contributed by atoms with Crippen molar-refractivity contribution in [3.63, 3.8) is 0 Å². The topological polar surface area (TPSA) is 3.24 Å². The number of hydrogen-bond acceptors (Lipinski definition) is 1. The second kappa shape index (κ2) is 3.04. The molecule has 1 nitrogen and oxygen atoms in total. The van der Waals surface area contributed by atoms with Crippen molar-refractivity contribution in [2.45, 2.75) is 25.8 Å². The Balaban J connectivity index is 3.88. The van der Waals surface area contributed by atoms with Crippen LogP contribution in [0.1, 0.15) is 20.8 Å². The molecule has 0 radical (unpaired) electrons. The van der Waals surface area contributed by atoms with Gasteiger partial charge >= 0.3 is 0 Å². The molecule has 0 aliphatic carbocycles. The van der Waals surface area contributed by atoms with Gasteiger partial charge < -0.3 is 4.57 Å². The van der Waals surface area contributed by atoms with Gasteiger partial charge in [-0.1, -0.05) is 20.8 Å². The van der Waals surface area contributed by atoms with E-state index in [0.717, 1.165) is 0 Å². The van der Waals surface area contributed by atoms with E-state index in [4.69, 9.17) is 11.1 Å². The van der Waals surface area contributed by atoms with Crippen LogP contribution in [0.3, 0.4) is 0 Å². The molecule has 0 amide bonds. The smallest absolute Gasteiger partial charge is 0.218 e. The molecular formula is C6H16ClNSi. The lowest BCUT2D eigenvalue weighted by atomic mass is 10.3. The lowest BCUT2D eigenvalue weighted by Crippen LogP contribution is -2.35. The van der Waals surface area contributed by atoms with Gasteiger partial charge in [-0.05, 0) is 19.1 Å². The zero-order chi connectivity index (χ0) is 7.65. The molecule has 0 aliphatic rings. The summed E-state index contributed by atoms with van der Waals surface area (Å²) in [6, 6.07) is 0. The Hall–Kier alpha value is 0.467. The zero-order valence-corrected chi connectivity index (χ0v) is 8.81. The summed E-state index contributed by atoms with van der Waals surface area (Å²) in [7, 11) is 2.94. The third-order valence-corrected chi connectivity index (χ3v) is 6.64. The van der Waals surface area contributed by atoms with Crippen LogP contribution >= 0.6 is 11.1 Å². The number of nitrogens with zero attached hydrogens (tertiary/aromatic N) is 1. The van der Waals surface area contributed by atoms with E-state index < -0.39 is 8.27 Å². The fourth-order valence-corrected chi connectivity index (χ4v) is 2.32. The molecule has 1 unspecified atom stereocenters. The Morgan fingerprint density at radius 2 is 1.56 bits per heavy atom. The van der Waals surface area contributed by atoms with Crippen molar-refractivity contribution in [2.24, 2.45) is 0 Å². The highest BCUT2D eigenvalue weighted by Crippen LogP contribution is 2.29. The summed E-state index contributed by atoms with van der Waals surface area (Å²) in [6.07, 6.45) is 0. The molecule has 0 heterocycles. The molecule has 0 rings (SSSR count). The minimum atomic E-state index is -1.16. The zero-order valence-electron chi connectivity index (χ0n) is 6.90. The maximum Gasteiger partial charge on any atom is 0.218 e. The fourth-order valence-electron chi connectivity index (χ4n) is 0.775. The first-order valence-electron chi connectivity index (χ1n) is 3.16. The molecule has 0 bridgehead atoms. The molecule has 0 N–H and O–H groups in total. The Labute approximate surface area is 64.4 Å². The van der Waals surface area contributed by atoms with Crippen LogP contribution in [-0.4, -0.2) is 26.9 Å². The van der Waals surface area contributed by atoms with Crippen molar-refractivity contribution >= 4 is 19.3 Å². The monoisotopic (exact) mass is 165 g/mol. The van der Waals surface area contributed by atoms with Crippen molar-refractivity contribution in [3.8, 4) is 0 Å². The quantitative estimate of drug-likeness (QED) is 0.423. The van der Waals surface area contributed by atoms with Crippen molar-refractivity contribution in [1.29, 1.82) is 0 Å². The minimum absolute atomic E-state index is 0.311.